The molecule has 15 rings (SSSR count). The second kappa shape index (κ2) is 15.4. The Morgan fingerprint density at radius 2 is 0.895 bits per heavy atom. The van der Waals surface area contributed by atoms with Crippen molar-refractivity contribution in [1.29, 1.82) is 0 Å². The molecule has 5 aromatic carbocycles. The van der Waals surface area contributed by atoms with Gasteiger partial charge in [0, 0.05) is 33.8 Å². The van der Waals surface area contributed by atoms with Crippen LogP contribution in [0.25, 0.3) is 11.0 Å². The molecule has 0 saturated heterocycles. The molecule has 396 valence electrons. The minimum Gasteiger partial charge on any atom is -0.468 e. The van der Waals surface area contributed by atoms with Crippen LogP contribution in [-0.2, 0) is 43.3 Å². The summed E-state index contributed by atoms with van der Waals surface area (Å²) < 4.78 is 7.89. The molecule has 7 aliphatic carbocycles. The molecule has 0 N–H and O–H groups in total. The Bertz CT molecular complexity index is 3470. The van der Waals surface area contributed by atoms with Crippen molar-refractivity contribution in [2.24, 2.45) is 17.8 Å². The number of hydrogen-bond donors (Lipinski definition) is 0. The average molecular weight is 1010 g/mol. The molecule has 0 atom stereocenters. The van der Waals surface area contributed by atoms with Gasteiger partial charge in [0.1, 0.15) is 5.58 Å². The summed E-state index contributed by atoms with van der Waals surface area (Å²) in [6.45, 7) is 41.9. The van der Waals surface area contributed by atoms with Crippen molar-refractivity contribution in [3.63, 3.8) is 0 Å². The third kappa shape index (κ3) is 6.91. The standard InChI is InChI=1S/C72H89BN2O/c1-41-26-49-52(69(12,13)23-20-66(49,6)7)35-57(41)74-56-19-18-46(65(3,4)5)31-55(56)73-62-59(74)32-47(72-38-43-28-44(39-72)30-45(29-43)40-72)33-60(62)75(58-36-53-50(27-42(58)2)67(8,9)21-24-70(53,14)15)63-48-34-51-54(37-61(48)76-64(63)73)71(16,17)25-22-68(51,10)11/h18-19,26-27,31-37,43-45H,20-25,28-30,38-40H2,1-17H3. The number of anilines is 6. The molecular formula is C72H89BN2O. The van der Waals surface area contributed by atoms with Crippen LogP contribution < -0.4 is 26.4 Å². The second-order valence-corrected chi connectivity index (χ2v) is 32.1. The van der Waals surface area contributed by atoms with Crippen LogP contribution in [0.15, 0.2) is 71.1 Å². The van der Waals surface area contributed by atoms with E-state index in [4.69, 9.17) is 4.42 Å². The second-order valence-electron chi connectivity index (χ2n) is 32.1. The summed E-state index contributed by atoms with van der Waals surface area (Å²) in [4.78, 5) is 5.62. The van der Waals surface area contributed by atoms with Crippen molar-refractivity contribution < 1.29 is 4.42 Å². The predicted octanol–water partition coefficient (Wildman–Crippen LogP) is 17.9. The Hall–Kier alpha value is -4.70. The normalized spacial score (nSPS) is 27.1. The highest BCUT2D eigenvalue weighted by Crippen LogP contribution is 2.63. The molecule has 1 aromatic heterocycles. The fourth-order valence-corrected chi connectivity index (χ4v) is 18.2. The van der Waals surface area contributed by atoms with E-state index in [2.05, 4.69) is 194 Å². The molecule has 3 nitrogen and oxygen atoms in total. The summed E-state index contributed by atoms with van der Waals surface area (Å²) in [6, 6.07) is 29.0. The van der Waals surface area contributed by atoms with Crippen LogP contribution in [0, 0.1) is 31.6 Å². The molecule has 76 heavy (non-hydrogen) atoms. The fourth-order valence-electron chi connectivity index (χ4n) is 18.2. The molecule has 4 bridgehead atoms. The molecule has 0 radical (unpaired) electrons. The van der Waals surface area contributed by atoms with Crippen molar-refractivity contribution >= 4 is 68.4 Å². The number of hydrogen-bond acceptors (Lipinski definition) is 3. The van der Waals surface area contributed by atoms with Gasteiger partial charge in [0.2, 0.25) is 0 Å². The molecule has 3 heterocycles. The van der Waals surface area contributed by atoms with Crippen molar-refractivity contribution in [3.8, 4) is 0 Å². The Labute approximate surface area is 458 Å². The molecule has 9 aliphatic rings. The van der Waals surface area contributed by atoms with Gasteiger partial charge in [0.25, 0.3) is 6.71 Å². The van der Waals surface area contributed by atoms with Gasteiger partial charge in [0.15, 0.2) is 0 Å². The first-order chi connectivity index (χ1) is 35.5. The number of nitrogens with zero attached hydrogens (tertiary/aromatic N) is 2. The van der Waals surface area contributed by atoms with E-state index in [-0.39, 0.29) is 50.0 Å². The number of benzene rings is 5. The van der Waals surface area contributed by atoms with E-state index in [1.165, 1.54) is 178 Å². The summed E-state index contributed by atoms with van der Waals surface area (Å²) in [5.41, 5.74) is 28.3. The number of rotatable bonds is 3. The molecule has 4 heteroatoms. The van der Waals surface area contributed by atoms with E-state index in [0.29, 0.717) is 0 Å². The van der Waals surface area contributed by atoms with Crippen LogP contribution in [0.2, 0.25) is 0 Å². The molecule has 6 aromatic rings. The lowest BCUT2D eigenvalue weighted by Gasteiger charge is -2.57. The van der Waals surface area contributed by atoms with Crippen LogP contribution in [0.5, 0.6) is 0 Å². The molecule has 0 amide bonds. The number of aryl methyl sites for hydroxylation is 2. The largest absolute Gasteiger partial charge is 0.468 e. The van der Waals surface area contributed by atoms with Gasteiger partial charge in [-0.05, 0) is 261 Å². The van der Waals surface area contributed by atoms with Gasteiger partial charge >= 0.3 is 0 Å². The van der Waals surface area contributed by atoms with Crippen LogP contribution in [0.4, 0.5) is 34.1 Å². The van der Waals surface area contributed by atoms with Gasteiger partial charge < -0.3 is 14.2 Å². The van der Waals surface area contributed by atoms with Gasteiger partial charge in [-0.1, -0.05) is 128 Å². The quantitative estimate of drug-likeness (QED) is 0.164. The highest BCUT2D eigenvalue weighted by atomic mass is 16.3. The van der Waals surface area contributed by atoms with Crippen LogP contribution in [-0.4, -0.2) is 6.71 Å². The Balaban J connectivity index is 1.14. The lowest BCUT2D eigenvalue weighted by atomic mass is 9.35. The first kappa shape index (κ1) is 49.6. The third-order valence-electron chi connectivity index (χ3n) is 23.0. The van der Waals surface area contributed by atoms with Crippen molar-refractivity contribution in [1.82, 2.24) is 0 Å². The highest BCUT2D eigenvalue weighted by molar-refractivity contribution is 7.00. The maximum absolute atomic E-state index is 7.89. The minimum absolute atomic E-state index is 0.0445. The number of fused-ring (bicyclic) bond motifs is 9. The summed E-state index contributed by atoms with van der Waals surface area (Å²) >= 11 is 0. The van der Waals surface area contributed by atoms with E-state index in [1.54, 1.807) is 5.56 Å². The average Bonchev–Trinajstić information content (AvgIpc) is 3.70. The van der Waals surface area contributed by atoms with Crippen LogP contribution in [0.3, 0.4) is 0 Å². The van der Waals surface area contributed by atoms with E-state index in [9.17, 15) is 0 Å². The molecule has 0 unspecified atom stereocenters. The lowest BCUT2D eigenvalue weighted by molar-refractivity contribution is -0.00514. The van der Waals surface area contributed by atoms with Gasteiger partial charge in [0.05, 0.1) is 11.3 Å². The monoisotopic (exact) mass is 1010 g/mol. The van der Waals surface area contributed by atoms with E-state index >= 15 is 0 Å². The van der Waals surface area contributed by atoms with Gasteiger partial charge in [-0.25, -0.2) is 0 Å². The molecule has 4 fully saturated rings. The van der Waals surface area contributed by atoms with E-state index < -0.39 is 0 Å². The molecule has 4 saturated carbocycles. The SMILES string of the molecule is Cc1cc2c(cc1N1c3ccc(C(C)(C)C)cc3B3c4oc5cc6c(cc5c4N(c4cc5c(cc4C)C(C)(C)CCC5(C)C)c4cc(C57CC8CC(CC(C8)C5)C7)cc1c43)C(C)(C)CCC6(C)C)C(C)(C)CCC2(C)C. The highest BCUT2D eigenvalue weighted by Gasteiger charge is 2.55. The van der Waals surface area contributed by atoms with E-state index in [1.807, 2.05) is 0 Å². The summed E-state index contributed by atoms with van der Waals surface area (Å²) in [7, 11) is 0. The maximum Gasteiger partial charge on any atom is 0.297 e. The maximum atomic E-state index is 7.89. The zero-order valence-electron chi connectivity index (χ0n) is 49.9. The van der Waals surface area contributed by atoms with E-state index in [0.717, 1.165) is 29.0 Å². The third-order valence-corrected chi connectivity index (χ3v) is 23.0. The predicted molar refractivity (Wildman–Crippen MR) is 324 cm³/mol. The van der Waals surface area contributed by atoms with Crippen molar-refractivity contribution in [2.45, 2.75) is 238 Å². The summed E-state index contributed by atoms with van der Waals surface area (Å²) in [5, 5.41) is 1.27. The Morgan fingerprint density at radius 3 is 1.37 bits per heavy atom. The van der Waals surface area contributed by atoms with Crippen molar-refractivity contribution in [3.05, 3.63) is 122 Å². The topological polar surface area (TPSA) is 19.6 Å². The first-order valence-corrected chi connectivity index (χ1v) is 30.3. The lowest BCUT2D eigenvalue weighted by Crippen LogP contribution is -2.61. The summed E-state index contributed by atoms with van der Waals surface area (Å²) in [6.07, 6.45) is 15.4. The molecular weight excluding hydrogens is 920 g/mol. The van der Waals surface area contributed by atoms with Crippen molar-refractivity contribution in [2.75, 3.05) is 9.80 Å². The summed E-state index contributed by atoms with van der Waals surface area (Å²) in [5.74, 6) is 2.50. The first-order valence-electron chi connectivity index (χ1n) is 30.3. The van der Waals surface area contributed by atoms with Gasteiger partial charge in [-0.3, -0.25) is 0 Å². The zero-order chi connectivity index (χ0) is 53.6. The Kier molecular flexibility index (Phi) is 10.0. The Morgan fingerprint density at radius 1 is 0.474 bits per heavy atom. The van der Waals surface area contributed by atoms with Crippen LogP contribution >= 0.6 is 0 Å². The fraction of sp³-hybridized carbons (Fsp3) is 0.556. The van der Waals surface area contributed by atoms with Gasteiger partial charge in [-0.2, -0.15) is 0 Å². The number of furan rings is 1. The smallest absolute Gasteiger partial charge is 0.297 e. The van der Waals surface area contributed by atoms with Crippen LogP contribution in [0.1, 0.15) is 237 Å². The van der Waals surface area contributed by atoms with Gasteiger partial charge in [-0.15, -0.1) is 0 Å². The molecule has 2 aliphatic heterocycles. The zero-order valence-corrected chi connectivity index (χ0v) is 49.9. The minimum atomic E-state index is -0.0951. The molecule has 0 spiro atoms.